The lowest BCUT2D eigenvalue weighted by atomic mass is 10.1. The van der Waals surface area contributed by atoms with E-state index in [9.17, 15) is 5.11 Å². The number of phenols is 1. The van der Waals surface area contributed by atoms with Crippen LogP contribution in [0.1, 0.15) is 11.1 Å². The first kappa shape index (κ1) is 10.2. The highest BCUT2D eigenvalue weighted by Crippen LogP contribution is 2.27. The number of nitrogens with one attached hydrogen (secondary N) is 3. The van der Waals surface area contributed by atoms with Crippen LogP contribution in [0.3, 0.4) is 0 Å². The van der Waals surface area contributed by atoms with Crippen LogP contribution in [0.4, 0.5) is 11.4 Å². The maximum absolute atomic E-state index is 9.61. The van der Waals surface area contributed by atoms with Crippen LogP contribution in [-0.2, 0) is 0 Å². The molecule has 0 saturated heterocycles. The molecule has 4 N–H and O–H groups in total. The van der Waals surface area contributed by atoms with Crippen LogP contribution in [-0.4, -0.2) is 21.5 Å². The maximum Gasteiger partial charge on any atom is 0.120 e. The van der Waals surface area contributed by atoms with E-state index in [1.54, 1.807) is 31.5 Å². The number of nitrogens with zero attached hydrogens (tertiary/aromatic N) is 1. The molecule has 5 nitrogen and oxygen atoms in total. The normalized spacial score (nSPS) is 10.1. The zero-order chi connectivity index (χ0) is 11.5. The summed E-state index contributed by atoms with van der Waals surface area (Å²) in [4.78, 5) is 0. The molecular formula is C11H12N4O. The lowest BCUT2D eigenvalue weighted by Crippen LogP contribution is -1.95. The van der Waals surface area contributed by atoms with Crippen molar-refractivity contribution in [2.24, 2.45) is 0 Å². The van der Waals surface area contributed by atoms with Crippen molar-refractivity contribution < 1.29 is 5.11 Å². The lowest BCUT2D eigenvalue weighted by Gasteiger charge is -2.09. The minimum atomic E-state index is 0.205. The summed E-state index contributed by atoms with van der Waals surface area (Å²) in [5.74, 6) is 0.205. The molecule has 82 valence electrons. The molecule has 0 bridgehead atoms. The molecule has 0 spiro atoms. The fourth-order valence-electron chi connectivity index (χ4n) is 1.42. The Bertz CT molecular complexity index is 505. The summed E-state index contributed by atoms with van der Waals surface area (Å²) in [7, 11) is 0. The summed E-state index contributed by atoms with van der Waals surface area (Å²) in [6.45, 7) is 1.80. The van der Waals surface area contributed by atoms with E-state index in [0.717, 1.165) is 16.8 Å². The molecule has 5 heteroatoms. The summed E-state index contributed by atoms with van der Waals surface area (Å²) in [6.07, 6.45) is 4.57. The van der Waals surface area contributed by atoms with E-state index < -0.39 is 0 Å². The zero-order valence-corrected chi connectivity index (χ0v) is 8.78. The number of H-pyrrole nitrogens is 1. The number of hydrogen-bond donors (Lipinski definition) is 4. The van der Waals surface area contributed by atoms with Crippen molar-refractivity contribution in [1.29, 1.82) is 5.41 Å². The van der Waals surface area contributed by atoms with E-state index >= 15 is 0 Å². The molecule has 0 aliphatic heterocycles. The first-order valence-corrected chi connectivity index (χ1v) is 4.80. The number of aromatic amines is 1. The minimum Gasteiger partial charge on any atom is -0.508 e. The summed E-state index contributed by atoms with van der Waals surface area (Å²) >= 11 is 0. The predicted molar refractivity (Wildman–Crippen MR) is 62.6 cm³/mol. The topological polar surface area (TPSA) is 84.8 Å². The van der Waals surface area contributed by atoms with Gasteiger partial charge in [0.05, 0.1) is 17.6 Å². The summed E-state index contributed by atoms with van der Waals surface area (Å²) in [6, 6.07) is 3.35. The van der Waals surface area contributed by atoms with Crippen LogP contribution in [0.15, 0.2) is 24.5 Å². The van der Waals surface area contributed by atoms with Crippen molar-refractivity contribution in [3.8, 4) is 5.75 Å². The van der Waals surface area contributed by atoms with Crippen molar-refractivity contribution in [2.75, 3.05) is 5.32 Å². The fraction of sp³-hybridized carbons (Fsp3) is 0.0909. The van der Waals surface area contributed by atoms with Gasteiger partial charge in [-0.15, -0.1) is 0 Å². The third kappa shape index (κ3) is 1.88. The number of benzene rings is 1. The molecule has 1 aromatic carbocycles. The Labute approximate surface area is 92.6 Å². The number of aromatic nitrogens is 2. The molecule has 0 atom stereocenters. The SMILES string of the molecule is Cc1cc(C=N)c(Nc2cn[nH]c2)cc1O. The molecule has 1 aromatic heterocycles. The van der Waals surface area contributed by atoms with Crippen molar-refractivity contribution in [3.05, 3.63) is 35.7 Å². The minimum absolute atomic E-state index is 0.205. The van der Waals surface area contributed by atoms with Crippen LogP contribution in [0.25, 0.3) is 0 Å². The molecule has 0 amide bonds. The Balaban J connectivity index is 2.39. The van der Waals surface area contributed by atoms with Crippen LogP contribution >= 0.6 is 0 Å². The third-order valence-corrected chi connectivity index (χ3v) is 2.30. The largest absolute Gasteiger partial charge is 0.508 e. The van der Waals surface area contributed by atoms with E-state index in [-0.39, 0.29) is 5.75 Å². The smallest absolute Gasteiger partial charge is 0.120 e. The molecule has 2 rings (SSSR count). The predicted octanol–water partition coefficient (Wildman–Crippen LogP) is 2.16. The molecule has 0 aliphatic carbocycles. The Hall–Kier alpha value is -2.30. The Kier molecular flexibility index (Phi) is 2.59. The van der Waals surface area contributed by atoms with Gasteiger partial charge >= 0.3 is 0 Å². The van der Waals surface area contributed by atoms with E-state index in [1.807, 2.05) is 0 Å². The number of aryl methyl sites for hydroxylation is 1. The molecule has 0 saturated carbocycles. The number of anilines is 2. The molecule has 16 heavy (non-hydrogen) atoms. The second-order valence-corrected chi connectivity index (χ2v) is 3.48. The standard InChI is InChI=1S/C11H12N4O/c1-7-2-8(4-12)10(3-11(7)16)15-9-5-13-14-6-9/h2-6,12,15-16H,1H3,(H,13,14). The fourth-order valence-corrected chi connectivity index (χ4v) is 1.42. The van der Waals surface area contributed by atoms with Crippen LogP contribution in [0.2, 0.25) is 0 Å². The van der Waals surface area contributed by atoms with Crippen molar-refractivity contribution in [2.45, 2.75) is 6.92 Å². The van der Waals surface area contributed by atoms with Crippen molar-refractivity contribution in [3.63, 3.8) is 0 Å². The van der Waals surface area contributed by atoms with Gasteiger partial charge in [0, 0.05) is 24.0 Å². The van der Waals surface area contributed by atoms with Gasteiger partial charge in [-0.25, -0.2) is 0 Å². The second-order valence-electron chi connectivity index (χ2n) is 3.48. The van der Waals surface area contributed by atoms with Crippen molar-refractivity contribution in [1.82, 2.24) is 10.2 Å². The quantitative estimate of drug-likeness (QED) is 0.593. The molecule has 0 fully saturated rings. The highest BCUT2D eigenvalue weighted by molar-refractivity contribution is 5.88. The monoisotopic (exact) mass is 216 g/mol. The van der Waals surface area contributed by atoms with E-state index in [0.29, 0.717) is 5.69 Å². The Morgan fingerprint density at radius 2 is 2.31 bits per heavy atom. The van der Waals surface area contributed by atoms with Gasteiger partial charge in [0.2, 0.25) is 0 Å². The average molecular weight is 216 g/mol. The average Bonchev–Trinajstić information content (AvgIpc) is 2.76. The zero-order valence-electron chi connectivity index (χ0n) is 8.78. The molecular weight excluding hydrogens is 204 g/mol. The number of aromatic hydroxyl groups is 1. The van der Waals surface area contributed by atoms with Gasteiger partial charge in [0.1, 0.15) is 5.75 Å². The summed E-state index contributed by atoms with van der Waals surface area (Å²) in [5.41, 5.74) is 2.93. The van der Waals surface area contributed by atoms with Crippen LogP contribution in [0, 0.1) is 12.3 Å². The van der Waals surface area contributed by atoms with E-state index in [1.165, 1.54) is 6.21 Å². The van der Waals surface area contributed by atoms with Crippen LogP contribution in [0.5, 0.6) is 5.75 Å². The van der Waals surface area contributed by atoms with E-state index in [2.05, 4.69) is 15.5 Å². The summed E-state index contributed by atoms with van der Waals surface area (Å²) < 4.78 is 0. The number of phenolic OH excluding ortho intramolecular Hbond substituents is 1. The molecule has 0 aliphatic rings. The van der Waals surface area contributed by atoms with Gasteiger partial charge < -0.3 is 15.8 Å². The number of hydrogen-bond acceptors (Lipinski definition) is 4. The van der Waals surface area contributed by atoms with Gasteiger partial charge in [-0.3, -0.25) is 5.10 Å². The first-order valence-electron chi connectivity index (χ1n) is 4.80. The molecule has 2 aromatic rings. The molecule has 1 heterocycles. The highest BCUT2D eigenvalue weighted by atomic mass is 16.3. The van der Waals surface area contributed by atoms with Gasteiger partial charge in [-0.1, -0.05) is 0 Å². The highest BCUT2D eigenvalue weighted by Gasteiger charge is 2.05. The van der Waals surface area contributed by atoms with Crippen molar-refractivity contribution >= 4 is 17.6 Å². The van der Waals surface area contributed by atoms with E-state index in [4.69, 9.17) is 5.41 Å². The Morgan fingerprint density at radius 3 is 2.94 bits per heavy atom. The van der Waals surface area contributed by atoms with Gasteiger partial charge in [0.15, 0.2) is 0 Å². The Morgan fingerprint density at radius 1 is 1.50 bits per heavy atom. The lowest BCUT2D eigenvalue weighted by molar-refractivity contribution is 0.471. The van der Waals surface area contributed by atoms with Crippen LogP contribution < -0.4 is 5.32 Å². The molecule has 0 unspecified atom stereocenters. The second kappa shape index (κ2) is 4.06. The third-order valence-electron chi connectivity index (χ3n) is 2.30. The van der Waals surface area contributed by atoms with Gasteiger partial charge in [-0.2, -0.15) is 5.10 Å². The van der Waals surface area contributed by atoms with Gasteiger partial charge in [0.25, 0.3) is 0 Å². The van der Waals surface area contributed by atoms with Gasteiger partial charge in [-0.05, 0) is 18.6 Å². The number of rotatable bonds is 3. The first-order chi connectivity index (χ1) is 7.70. The summed E-state index contributed by atoms with van der Waals surface area (Å²) in [5, 5.41) is 26.5. The maximum atomic E-state index is 9.61. The molecule has 0 radical (unpaired) electrons.